The van der Waals surface area contributed by atoms with Crippen LogP contribution in [-0.4, -0.2) is 34.4 Å². The maximum Gasteiger partial charge on any atom is 0.431 e. The zero-order valence-electron chi connectivity index (χ0n) is 20.8. The van der Waals surface area contributed by atoms with Gasteiger partial charge in [0.05, 0.1) is 5.56 Å². The van der Waals surface area contributed by atoms with Gasteiger partial charge in [-0.05, 0) is 92.7 Å². The van der Waals surface area contributed by atoms with Gasteiger partial charge < -0.3 is 15.3 Å². The largest absolute Gasteiger partial charge is 0.478 e. The number of hydroxylamine groups is 1. The van der Waals surface area contributed by atoms with Gasteiger partial charge in [0.15, 0.2) is 0 Å². The molecule has 190 valence electrons. The summed E-state index contributed by atoms with van der Waals surface area (Å²) in [5.41, 5.74) is 3.48. The molecule has 0 aliphatic heterocycles. The molecule has 0 saturated heterocycles. The number of aromatic carboxylic acids is 1. The number of amides is 2. The predicted octanol–water partition coefficient (Wildman–Crippen LogP) is 4.42. The van der Waals surface area contributed by atoms with E-state index >= 15 is 0 Å². The van der Waals surface area contributed by atoms with E-state index in [2.05, 4.69) is 24.6 Å². The quantitative estimate of drug-likeness (QED) is 0.470. The van der Waals surface area contributed by atoms with Crippen LogP contribution in [0.15, 0.2) is 24.3 Å². The second-order valence-corrected chi connectivity index (χ2v) is 12.0. The average Bonchev–Trinajstić information content (AvgIpc) is 2.72. The van der Waals surface area contributed by atoms with E-state index in [9.17, 15) is 19.2 Å². The van der Waals surface area contributed by atoms with Crippen LogP contribution in [0.5, 0.6) is 0 Å². The highest BCUT2D eigenvalue weighted by molar-refractivity contribution is 5.87. The van der Waals surface area contributed by atoms with Crippen molar-refractivity contribution in [3.63, 3.8) is 0 Å². The number of hydrogen-bond donors (Lipinski definition) is 3. The molecule has 8 nitrogen and oxygen atoms in total. The second-order valence-electron chi connectivity index (χ2n) is 12.0. The van der Waals surface area contributed by atoms with E-state index in [1.807, 2.05) is 0 Å². The minimum Gasteiger partial charge on any atom is -0.478 e. The molecule has 4 fully saturated rings. The van der Waals surface area contributed by atoms with E-state index in [0.29, 0.717) is 18.8 Å². The minimum absolute atomic E-state index is 0.0358. The van der Waals surface area contributed by atoms with Gasteiger partial charge in [-0.2, -0.15) is 5.48 Å². The number of Topliss-reactive ketones (excluding diaryl/α,β-unsaturated/α-hetero) is 1. The third-order valence-corrected chi connectivity index (χ3v) is 8.23. The van der Waals surface area contributed by atoms with Crippen LogP contribution in [0.4, 0.5) is 4.79 Å². The van der Waals surface area contributed by atoms with Gasteiger partial charge in [-0.25, -0.2) is 9.59 Å². The Morgan fingerprint density at radius 1 is 1.03 bits per heavy atom. The van der Waals surface area contributed by atoms with Crippen molar-refractivity contribution in [3.8, 4) is 0 Å². The second kappa shape index (κ2) is 9.28. The fourth-order valence-electron chi connectivity index (χ4n) is 7.81. The highest BCUT2D eigenvalue weighted by Crippen LogP contribution is 2.66. The average molecular weight is 485 g/mol. The number of nitrogens with one attached hydrogen (secondary N) is 2. The van der Waals surface area contributed by atoms with Crippen molar-refractivity contribution in [1.82, 2.24) is 10.8 Å². The zero-order valence-corrected chi connectivity index (χ0v) is 20.8. The maximum atomic E-state index is 12.6. The molecule has 1 aromatic rings. The van der Waals surface area contributed by atoms with Crippen LogP contribution in [0, 0.1) is 22.7 Å². The Morgan fingerprint density at radius 2 is 1.66 bits per heavy atom. The summed E-state index contributed by atoms with van der Waals surface area (Å²) in [6.45, 7) is 6.13. The zero-order chi connectivity index (χ0) is 25.4. The molecule has 4 bridgehead atoms. The number of carbonyl (C=O) groups excluding carboxylic acids is 3. The molecule has 5 rings (SSSR count). The molecule has 4 saturated carbocycles. The predicted molar refractivity (Wildman–Crippen MR) is 128 cm³/mol. The van der Waals surface area contributed by atoms with Gasteiger partial charge in [-0.3, -0.25) is 9.59 Å². The molecule has 1 aromatic carbocycles. The smallest absolute Gasteiger partial charge is 0.431 e. The Balaban J connectivity index is 1.24. The van der Waals surface area contributed by atoms with Crippen molar-refractivity contribution >= 4 is 23.8 Å². The fraction of sp³-hybridized carbons (Fsp3) is 0.630. The van der Waals surface area contributed by atoms with E-state index in [1.54, 1.807) is 12.1 Å². The first-order chi connectivity index (χ1) is 16.4. The number of hydrogen-bond acceptors (Lipinski definition) is 5. The molecule has 0 heterocycles. The summed E-state index contributed by atoms with van der Waals surface area (Å²) in [5.74, 6) is -1.29. The molecule has 4 aliphatic rings. The number of ketones is 1. The number of carboxylic acid groups (broad SMARTS) is 1. The molecule has 3 unspecified atom stereocenters. The van der Waals surface area contributed by atoms with Crippen LogP contribution in [0.1, 0.15) is 88.1 Å². The molecule has 2 amide bonds. The monoisotopic (exact) mass is 484 g/mol. The molecule has 8 heteroatoms. The fourth-order valence-corrected chi connectivity index (χ4v) is 7.81. The topological polar surface area (TPSA) is 122 Å². The summed E-state index contributed by atoms with van der Waals surface area (Å²) < 4.78 is 0. The van der Waals surface area contributed by atoms with Crippen molar-refractivity contribution in [1.29, 1.82) is 0 Å². The van der Waals surface area contributed by atoms with E-state index in [0.717, 1.165) is 24.8 Å². The first-order valence-electron chi connectivity index (χ1n) is 12.5. The molecule has 0 radical (unpaired) electrons. The first kappa shape index (κ1) is 25.2. The molecule has 35 heavy (non-hydrogen) atoms. The van der Waals surface area contributed by atoms with Crippen LogP contribution >= 0.6 is 0 Å². The first-order valence-corrected chi connectivity index (χ1v) is 12.5. The van der Waals surface area contributed by atoms with E-state index < -0.39 is 23.9 Å². The highest BCUT2D eigenvalue weighted by Gasteiger charge is 2.60. The third kappa shape index (κ3) is 5.85. The van der Waals surface area contributed by atoms with Crippen LogP contribution in [-0.2, 0) is 20.8 Å². The van der Waals surface area contributed by atoms with E-state index in [-0.39, 0.29) is 34.1 Å². The molecule has 0 aromatic heterocycles. The summed E-state index contributed by atoms with van der Waals surface area (Å²) in [6, 6.07) is 6.35. The number of rotatable bonds is 8. The van der Waals surface area contributed by atoms with Gasteiger partial charge in [0, 0.05) is 17.9 Å². The molecular formula is C27H36N2O6. The molecule has 3 atom stereocenters. The standard InChI is InChI=1S/C27H36N2O6/c1-17(30)21(10-18-4-6-20(7-5-18)23(32)33)8-9-22(31)29-35-24(34)28-27-13-19-11-25(2,15-27)14-26(3,12-19)16-27/h4-7,19,21H,8-16H2,1-3H3,(H,28,34)(H,29,31)(H,32,33). The summed E-state index contributed by atoms with van der Waals surface area (Å²) in [7, 11) is 0. The lowest BCUT2D eigenvalue weighted by Crippen LogP contribution is -2.65. The van der Waals surface area contributed by atoms with Crippen molar-refractivity contribution in [3.05, 3.63) is 35.4 Å². The molecular weight excluding hydrogens is 448 g/mol. The van der Waals surface area contributed by atoms with Crippen molar-refractivity contribution in [2.75, 3.05) is 0 Å². The van der Waals surface area contributed by atoms with Crippen molar-refractivity contribution in [2.45, 2.75) is 84.1 Å². The summed E-state index contributed by atoms with van der Waals surface area (Å²) in [5, 5.41) is 12.1. The van der Waals surface area contributed by atoms with Gasteiger partial charge >= 0.3 is 12.1 Å². The van der Waals surface area contributed by atoms with Crippen molar-refractivity contribution in [2.24, 2.45) is 22.7 Å². The SMILES string of the molecule is CC(=O)C(CCC(=O)NOC(=O)NC12CC3CC(C)(CC(C)(C3)C1)C2)Cc1ccc(C(=O)O)cc1. The summed E-state index contributed by atoms with van der Waals surface area (Å²) >= 11 is 0. The van der Waals surface area contributed by atoms with E-state index in [4.69, 9.17) is 9.94 Å². The maximum absolute atomic E-state index is 12.6. The Kier molecular flexibility index (Phi) is 6.68. The Bertz CT molecular complexity index is 1000. The van der Waals surface area contributed by atoms with Crippen LogP contribution in [0.2, 0.25) is 0 Å². The minimum atomic E-state index is -1.01. The van der Waals surface area contributed by atoms with Gasteiger partial charge in [0.25, 0.3) is 5.91 Å². The van der Waals surface area contributed by atoms with Gasteiger partial charge in [-0.15, -0.1) is 0 Å². The summed E-state index contributed by atoms with van der Waals surface area (Å²) in [4.78, 5) is 53.0. The lowest BCUT2D eigenvalue weighted by atomic mass is 9.43. The molecule has 3 N–H and O–H groups in total. The van der Waals surface area contributed by atoms with Crippen molar-refractivity contribution < 1.29 is 29.1 Å². The van der Waals surface area contributed by atoms with Gasteiger partial charge in [0.1, 0.15) is 5.78 Å². The Hall–Kier alpha value is -2.90. The Morgan fingerprint density at radius 3 is 2.20 bits per heavy atom. The number of carbonyl (C=O) groups is 4. The molecule has 0 spiro atoms. The highest BCUT2D eigenvalue weighted by atomic mass is 16.7. The number of benzene rings is 1. The molecule has 4 aliphatic carbocycles. The lowest BCUT2D eigenvalue weighted by molar-refractivity contribution is -0.132. The Labute approximate surface area is 206 Å². The van der Waals surface area contributed by atoms with Crippen LogP contribution in [0.3, 0.4) is 0 Å². The van der Waals surface area contributed by atoms with E-state index in [1.165, 1.54) is 38.3 Å². The normalized spacial score (nSPS) is 31.5. The summed E-state index contributed by atoms with van der Waals surface area (Å²) in [6.07, 6.45) is 6.62. The van der Waals surface area contributed by atoms with Gasteiger partial charge in [-0.1, -0.05) is 26.0 Å². The third-order valence-electron chi connectivity index (χ3n) is 8.23. The van der Waals surface area contributed by atoms with Gasteiger partial charge in [0.2, 0.25) is 0 Å². The lowest BCUT2D eigenvalue weighted by Gasteiger charge is -2.65. The number of carboxylic acids is 1. The van der Waals surface area contributed by atoms with Crippen LogP contribution in [0.25, 0.3) is 0 Å². The van der Waals surface area contributed by atoms with Crippen LogP contribution < -0.4 is 10.8 Å².